The lowest BCUT2D eigenvalue weighted by molar-refractivity contribution is 0.429. The van der Waals surface area contributed by atoms with Gasteiger partial charge >= 0.3 is 0 Å². The van der Waals surface area contributed by atoms with Crippen molar-refractivity contribution in [2.45, 2.75) is 38.9 Å². The lowest BCUT2D eigenvalue weighted by atomic mass is 10.2. The first-order valence-corrected chi connectivity index (χ1v) is 7.34. The third-order valence-electron chi connectivity index (χ3n) is 2.40. The van der Waals surface area contributed by atoms with Crippen molar-refractivity contribution in [2.24, 2.45) is 0 Å². The normalized spacial score (nSPS) is 16.9. The van der Waals surface area contributed by atoms with Crippen LogP contribution in [0, 0.1) is 0 Å². The van der Waals surface area contributed by atoms with Gasteiger partial charge in [0.2, 0.25) is 0 Å². The predicted octanol–water partition coefficient (Wildman–Crippen LogP) is 1.02. The summed E-state index contributed by atoms with van der Waals surface area (Å²) in [6.07, 6.45) is 6.53. The van der Waals surface area contributed by atoms with E-state index >= 15 is 0 Å². The average Bonchev–Trinajstić information content (AvgIpc) is 2.65. The van der Waals surface area contributed by atoms with Crippen LogP contribution in [-0.2, 0) is 17.3 Å². The van der Waals surface area contributed by atoms with Gasteiger partial charge < -0.3 is 5.32 Å². The number of nitrogens with one attached hydrogen (secondary N) is 1. The Morgan fingerprint density at radius 1 is 1.44 bits per heavy atom. The van der Waals surface area contributed by atoms with Crippen LogP contribution in [0.15, 0.2) is 18.5 Å². The Morgan fingerprint density at radius 2 is 2.19 bits per heavy atom. The largest absolute Gasteiger partial charge is 0.311 e. The SMILES string of the molecule is CC(CCn1cccn1)NC(C)CS(C)=O. The summed E-state index contributed by atoms with van der Waals surface area (Å²) in [7, 11) is -0.726. The van der Waals surface area contributed by atoms with Gasteiger partial charge in [0.15, 0.2) is 0 Å². The quantitative estimate of drug-likeness (QED) is 0.778. The molecule has 5 heteroatoms. The van der Waals surface area contributed by atoms with Crippen molar-refractivity contribution < 1.29 is 4.21 Å². The third kappa shape index (κ3) is 5.42. The van der Waals surface area contributed by atoms with Gasteiger partial charge in [-0.1, -0.05) is 0 Å². The van der Waals surface area contributed by atoms with E-state index in [4.69, 9.17) is 0 Å². The van der Waals surface area contributed by atoms with Crippen LogP contribution >= 0.6 is 0 Å². The summed E-state index contributed by atoms with van der Waals surface area (Å²) >= 11 is 0. The first kappa shape index (κ1) is 13.4. The maximum Gasteiger partial charge on any atom is 0.0489 e. The Morgan fingerprint density at radius 3 is 2.75 bits per heavy atom. The fourth-order valence-corrected chi connectivity index (χ4v) is 2.53. The fourth-order valence-electron chi connectivity index (χ4n) is 1.73. The van der Waals surface area contributed by atoms with E-state index in [2.05, 4.69) is 24.3 Å². The topological polar surface area (TPSA) is 46.9 Å². The molecule has 0 aromatic carbocycles. The lowest BCUT2D eigenvalue weighted by Gasteiger charge is -2.19. The van der Waals surface area contributed by atoms with Gasteiger partial charge in [-0.3, -0.25) is 8.89 Å². The van der Waals surface area contributed by atoms with Gasteiger partial charge in [-0.05, 0) is 26.3 Å². The molecule has 1 heterocycles. The molecule has 3 unspecified atom stereocenters. The molecule has 1 rings (SSSR count). The summed E-state index contributed by atoms with van der Waals surface area (Å²) in [6.45, 7) is 5.15. The molecule has 16 heavy (non-hydrogen) atoms. The Labute approximate surface area is 99.9 Å². The molecule has 3 atom stereocenters. The second kappa shape index (κ2) is 6.81. The van der Waals surface area contributed by atoms with Crippen molar-refractivity contribution in [1.29, 1.82) is 0 Å². The summed E-state index contributed by atoms with van der Waals surface area (Å²) in [4.78, 5) is 0. The number of nitrogens with zero attached hydrogens (tertiary/aromatic N) is 2. The van der Waals surface area contributed by atoms with E-state index in [1.165, 1.54) is 0 Å². The smallest absolute Gasteiger partial charge is 0.0489 e. The van der Waals surface area contributed by atoms with Crippen molar-refractivity contribution in [2.75, 3.05) is 12.0 Å². The number of aryl methyl sites for hydroxylation is 1. The molecule has 0 radical (unpaired) electrons. The molecule has 0 saturated carbocycles. The van der Waals surface area contributed by atoms with Gasteiger partial charge in [0.05, 0.1) is 0 Å². The van der Waals surface area contributed by atoms with Gasteiger partial charge in [0.1, 0.15) is 0 Å². The van der Waals surface area contributed by atoms with E-state index in [0.717, 1.165) is 13.0 Å². The zero-order valence-corrected chi connectivity index (χ0v) is 11.0. The summed E-state index contributed by atoms with van der Waals surface area (Å²) in [6, 6.07) is 2.65. The van der Waals surface area contributed by atoms with Crippen molar-refractivity contribution in [1.82, 2.24) is 15.1 Å². The van der Waals surface area contributed by atoms with Crippen LogP contribution in [0.3, 0.4) is 0 Å². The van der Waals surface area contributed by atoms with Gasteiger partial charge in [-0.2, -0.15) is 5.10 Å². The van der Waals surface area contributed by atoms with Crippen molar-refractivity contribution in [3.8, 4) is 0 Å². The van der Waals surface area contributed by atoms with Crippen LogP contribution in [0.5, 0.6) is 0 Å². The molecule has 0 bridgehead atoms. The van der Waals surface area contributed by atoms with E-state index < -0.39 is 10.8 Å². The molecule has 0 saturated heterocycles. The number of rotatable bonds is 7. The Balaban J connectivity index is 2.20. The van der Waals surface area contributed by atoms with Gasteiger partial charge in [0.25, 0.3) is 0 Å². The minimum atomic E-state index is -0.726. The Bertz CT molecular complexity index is 313. The van der Waals surface area contributed by atoms with Crippen LogP contribution in [-0.4, -0.2) is 38.1 Å². The van der Waals surface area contributed by atoms with Crippen molar-refractivity contribution >= 4 is 10.8 Å². The highest BCUT2D eigenvalue weighted by molar-refractivity contribution is 7.84. The van der Waals surface area contributed by atoms with Crippen LogP contribution in [0.4, 0.5) is 0 Å². The van der Waals surface area contributed by atoms with E-state index in [0.29, 0.717) is 17.8 Å². The average molecular weight is 243 g/mol. The Hall–Kier alpha value is -0.680. The van der Waals surface area contributed by atoms with E-state index in [1.807, 2.05) is 16.9 Å². The maximum absolute atomic E-state index is 11.0. The highest BCUT2D eigenvalue weighted by atomic mass is 32.2. The van der Waals surface area contributed by atoms with Crippen molar-refractivity contribution in [3.05, 3.63) is 18.5 Å². The van der Waals surface area contributed by atoms with Gasteiger partial charge in [0, 0.05) is 53.8 Å². The molecule has 0 fully saturated rings. The fraction of sp³-hybridized carbons (Fsp3) is 0.727. The monoisotopic (exact) mass is 243 g/mol. The van der Waals surface area contributed by atoms with Gasteiger partial charge in [-0.15, -0.1) is 0 Å². The molecule has 0 aliphatic rings. The van der Waals surface area contributed by atoms with Crippen LogP contribution in [0.2, 0.25) is 0 Å². The zero-order chi connectivity index (χ0) is 12.0. The summed E-state index contributed by atoms with van der Waals surface area (Å²) in [5, 5.41) is 7.60. The van der Waals surface area contributed by atoms with Crippen LogP contribution in [0.1, 0.15) is 20.3 Å². The van der Waals surface area contributed by atoms with E-state index in [-0.39, 0.29) is 0 Å². The van der Waals surface area contributed by atoms with Crippen molar-refractivity contribution in [3.63, 3.8) is 0 Å². The molecule has 0 aliphatic carbocycles. The first-order valence-electron chi connectivity index (χ1n) is 5.61. The minimum Gasteiger partial charge on any atom is -0.311 e. The Kier molecular flexibility index (Phi) is 5.69. The number of aromatic nitrogens is 2. The number of hydrogen-bond donors (Lipinski definition) is 1. The van der Waals surface area contributed by atoms with Crippen LogP contribution < -0.4 is 5.32 Å². The maximum atomic E-state index is 11.0. The molecule has 0 amide bonds. The molecule has 92 valence electrons. The zero-order valence-electron chi connectivity index (χ0n) is 10.2. The minimum absolute atomic E-state index is 0.304. The van der Waals surface area contributed by atoms with E-state index in [1.54, 1.807) is 12.5 Å². The second-order valence-corrected chi connectivity index (χ2v) is 5.75. The first-order chi connectivity index (χ1) is 7.58. The van der Waals surface area contributed by atoms with Crippen LogP contribution in [0.25, 0.3) is 0 Å². The highest BCUT2D eigenvalue weighted by Gasteiger charge is 2.08. The highest BCUT2D eigenvalue weighted by Crippen LogP contribution is 1.97. The third-order valence-corrected chi connectivity index (χ3v) is 3.37. The molecule has 1 aromatic heterocycles. The van der Waals surface area contributed by atoms with E-state index in [9.17, 15) is 4.21 Å². The molecular weight excluding hydrogens is 222 g/mol. The summed E-state index contributed by atoms with van der Waals surface area (Å²) in [5.41, 5.74) is 0. The van der Waals surface area contributed by atoms with Gasteiger partial charge in [-0.25, -0.2) is 0 Å². The predicted molar refractivity (Wildman–Crippen MR) is 67.8 cm³/mol. The number of hydrogen-bond acceptors (Lipinski definition) is 3. The second-order valence-electron chi connectivity index (χ2n) is 4.27. The molecule has 1 aromatic rings. The molecular formula is C11H21N3OS. The summed E-state index contributed by atoms with van der Waals surface area (Å²) < 4.78 is 13.0. The molecule has 0 aliphatic heterocycles. The molecule has 4 nitrogen and oxygen atoms in total. The molecule has 1 N–H and O–H groups in total. The summed E-state index contributed by atoms with van der Waals surface area (Å²) in [5.74, 6) is 0.714. The lowest BCUT2D eigenvalue weighted by Crippen LogP contribution is -2.38. The molecule has 0 spiro atoms. The standard InChI is InChI=1S/C11H21N3OS/c1-10(13-11(2)9-16(3)15)5-8-14-7-4-6-12-14/h4,6-7,10-11,13H,5,8-9H2,1-3H3.